The Morgan fingerprint density at radius 1 is 1.06 bits per heavy atom. The Morgan fingerprint density at radius 2 is 1.71 bits per heavy atom. The number of carbonyl (C=O) groups is 1. The second-order valence-electron chi connectivity index (χ2n) is 5.51. The SMILES string of the molecule is CCCCCCC(C)CC(C)CCC(=O)NC. The molecule has 0 heterocycles. The molecule has 1 N–H and O–H groups in total. The lowest BCUT2D eigenvalue weighted by Crippen LogP contribution is -2.18. The Bertz CT molecular complexity index is 191. The van der Waals surface area contributed by atoms with E-state index in [4.69, 9.17) is 0 Å². The van der Waals surface area contributed by atoms with Crippen LogP contribution in [0, 0.1) is 11.8 Å². The van der Waals surface area contributed by atoms with Crippen LogP contribution >= 0.6 is 0 Å². The molecule has 0 spiro atoms. The van der Waals surface area contributed by atoms with E-state index in [0.29, 0.717) is 12.3 Å². The van der Waals surface area contributed by atoms with Crippen molar-refractivity contribution in [2.24, 2.45) is 11.8 Å². The third-order valence-electron chi connectivity index (χ3n) is 3.50. The van der Waals surface area contributed by atoms with Crippen LogP contribution in [0.2, 0.25) is 0 Å². The van der Waals surface area contributed by atoms with Crippen LogP contribution in [-0.4, -0.2) is 13.0 Å². The summed E-state index contributed by atoms with van der Waals surface area (Å²) < 4.78 is 0. The van der Waals surface area contributed by atoms with Crippen molar-refractivity contribution < 1.29 is 4.79 Å². The lowest BCUT2D eigenvalue weighted by molar-refractivity contribution is -0.120. The third kappa shape index (κ3) is 10.3. The molecule has 0 rings (SSSR count). The molecule has 2 unspecified atom stereocenters. The molecule has 102 valence electrons. The molecule has 0 aliphatic carbocycles. The van der Waals surface area contributed by atoms with Gasteiger partial charge >= 0.3 is 0 Å². The molecule has 0 bridgehead atoms. The first-order valence-corrected chi connectivity index (χ1v) is 7.30. The van der Waals surface area contributed by atoms with Crippen molar-refractivity contribution in [3.05, 3.63) is 0 Å². The van der Waals surface area contributed by atoms with Gasteiger partial charge in [0, 0.05) is 13.5 Å². The molecule has 1 amide bonds. The Hall–Kier alpha value is -0.530. The molecule has 0 aliphatic heterocycles. The monoisotopic (exact) mass is 241 g/mol. The number of amides is 1. The van der Waals surface area contributed by atoms with Crippen molar-refractivity contribution in [2.75, 3.05) is 7.05 Å². The normalized spacial score (nSPS) is 14.4. The molecular formula is C15H31NO. The van der Waals surface area contributed by atoms with Gasteiger partial charge in [-0.25, -0.2) is 0 Å². The highest BCUT2D eigenvalue weighted by atomic mass is 16.1. The van der Waals surface area contributed by atoms with Crippen LogP contribution in [0.4, 0.5) is 0 Å². The van der Waals surface area contributed by atoms with Crippen molar-refractivity contribution in [3.8, 4) is 0 Å². The first-order chi connectivity index (χ1) is 8.10. The van der Waals surface area contributed by atoms with Gasteiger partial charge in [-0.15, -0.1) is 0 Å². The molecule has 2 atom stereocenters. The summed E-state index contributed by atoms with van der Waals surface area (Å²) in [6.07, 6.45) is 9.77. The molecule has 0 saturated heterocycles. The summed E-state index contributed by atoms with van der Waals surface area (Å²) in [6.45, 7) is 6.87. The summed E-state index contributed by atoms with van der Waals surface area (Å²) in [5.74, 6) is 1.66. The van der Waals surface area contributed by atoms with Crippen LogP contribution in [-0.2, 0) is 4.79 Å². The van der Waals surface area contributed by atoms with Crippen molar-refractivity contribution in [3.63, 3.8) is 0 Å². The van der Waals surface area contributed by atoms with E-state index in [1.807, 2.05) is 0 Å². The molecule has 2 heteroatoms. The number of carbonyl (C=O) groups excluding carboxylic acids is 1. The standard InChI is InChI=1S/C15H31NO/c1-5-6-7-8-9-13(2)12-14(3)10-11-15(17)16-4/h13-14H,5-12H2,1-4H3,(H,16,17). The fraction of sp³-hybridized carbons (Fsp3) is 0.933. The van der Waals surface area contributed by atoms with Gasteiger partial charge < -0.3 is 5.32 Å². The van der Waals surface area contributed by atoms with Crippen LogP contribution in [0.1, 0.15) is 72.1 Å². The topological polar surface area (TPSA) is 29.1 Å². The lowest BCUT2D eigenvalue weighted by Gasteiger charge is -2.16. The van der Waals surface area contributed by atoms with Crippen molar-refractivity contribution in [1.29, 1.82) is 0 Å². The van der Waals surface area contributed by atoms with E-state index in [-0.39, 0.29) is 5.91 Å². The van der Waals surface area contributed by atoms with E-state index in [0.717, 1.165) is 12.3 Å². The summed E-state index contributed by atoms with van der Waals surface area (Å²) in [4.78, 5) is 11.1. The van der Waals surface area contributed by atoms with Gasteiger partial charge in [0.25, 0.3) is 0 Å². The van der Waals surface area contributed by atoms with Gasteiger partial charge in [0.1, 0.15) is 0 Å². The summed E-state index contributed by atoms with van der Waals surface area (Å²) in [7, 11) is 1.71. The Morgan fingerprint density at radius 3 is 2.29 bits per heavy atom. The number of unbranched alkanes of at least 4 members (excludes halogenated alkanes) is 3. The van der Waals surface area contributed by atoms with Gasteiger partial charge in [0.05, 0.1) is 0 Å². The van der Waals surface area contributed by atoms with Gasteiger partial charge in [-0.3, -0.25) is 4.79 Å². The molecule has 0 aromatic rings. The molecule has 0 radical (unpaired) electrons. The highest BCUT2D eigenvalue weighted by Crippen LogP contribution is 2.21. The van der Waals surface area contributed by atoms with E-state index < -0.39 is 0 Å². The van der Waals surface area contributed by atoms with Crippen molar-refractivity contribution in [2.45, 2.75) is 72.1 Å². The molecule has 0 saturated carbocycles. The zero-order valence-electron chi connectivity index (χ0n) is 12.2. The Kier molecular flexibility index (Phi) is 10.3. The first kappa shape index (κ1) is 16.5. The van der Waals surface area contributed by atoms with Crippen LogP contribution in [0.25, 0.3) is 0 Å². The maximum absolute atomic E-state index is 11.1. The van der Waals surface area contributed by atoms with Gasteiger partial charge in [0.15, 0.2) is 0 Å². The zero-order valence-corrected chi connectivity index (χ0v) is 12.2. The van der Waals surface area contributed by atoms with Gasteiger partial charge in [-0.2, -0.15) is 0 Å². The predicted molar refractivity (Wildman–Crippen MR) is 75.0 cm³/mol. The quantitative estimate of drug-likeness (QED) is 0.572. The van der Waals surface area contributed by atoms with Crippen LogP contribution in [0.5, 0.6) is 0 Å². The van der Waals surface area contributed by atoms with E-state index in [1.54, 1.807) is 7.05 Å². The lowest BCUT2D eigenvalue weighted by atomic mass is 9.90. The number of nitrogens with one attached hydrogen (secondary N) is 1. The minimum absolute atomic E-state index is 0.174. The summed E-state index contributed by atoms with van der Waals surface area (Å²) >= 11 is 0. The highest BCUT2D eigenvalue weighted by molar-refractivity contribution is 5.75. The Labute approximate surface area is 108 Å². The second-order valence-corrected chi connectivity index (χ2v) is 5.51. The molecule has 0 aliphatic rings. The van der Waals surface area contributed by atoms with Crippen molar-refractivity contribution >= 4 is 5.91 Å². The predicted octanol–water partition coefficient (Wildman–Crippen LogP) is 4.15. The first-order valence-electron chi connectivity index (χ1n) is 7.30. The van der Waals surface area contributed by atoms with Crippen molar-refractivity contribution in [1.82, 2.24) is 5.32 Å². The minimum Gasteiger partial charge on any atom is -0.359 e. The van der Waals surface area contributed by atoms with Crippen LogP contribution in [0.15, 0.2) is 0 Å². The zero-order chi connectivity index (χ0) is 13.1. The Balaban J connectivity index is 3.51. The molecule has 2 nitrogen and oxygen atoms in total. The van der Waals surface area contributed by atoms with E-state index in [1.165, 1.54) is 38.5 Å². The fourth-order valence-electron chi connectivity index (χ4n) is 2.34. The molecular weight excluding hydrogens is 210 g/mol. The summed E-state index contributed by atoms with van der Waals surface area (Å²) in [5, 5.41) is 2.68. The average molecular weight is 241 g/mol. The average Bonchev–Trinajstić information content (AvgIpc) is 2.31. The highest BCUT2D eigenvalue weighted by Gasteiger charge is 2.10. The molecule has 0 aromatic heterocycles. The van der Waals surface area contributed by atoms with E-state index in [9.17, 15) is 4.79 Å². The third-order valence-corrected chi connectivity index (χ3v) is 3.50. The summed E-state index contributed by atoms with van der Waals surface area (Å²) in [5.41, 5.74) is 0. The fourth-order valence-corrected chi connectivity index (χ4v) is 2.34. The van der Waals surface area contributed by atoms with Gasteiger partial charge in [0.2, 0.25) is 5.91 Å². The van der Waals surface area contributed by atoms with E-state index >= 15 is 0 Å². The smallest absolute Gasteiger partial charge is 0.219 e. The van der Waals surface area contributed by atoms with Gasteiger partial charge in [-0.1, -0.05) is 52.9 Å². The maximum Gasteiger partial charge on any atom is 0.219 e. The molecule has 0 fully saturated rings. The summed E-state index contributed by atoms with van der Waals surface area (Å²) in [6, 6.07) is 0. The molecule has 17 heavy (non-hydrogen) atoms. The minimum atomic E-state index is 0.174. The molecule has 0 aromatic carbocycles. The van der Waals surface area contributed by atoms with Crippen LogP contribution < -0.4 is 5.32 Å². The maximum atomic E-state index is 11.1. The number of hydrogen-bond acceptors (Lipinski definition) is 1. The number of rotatable bonds is 10. The van der Waals surface area contributed by atoms with Crippen LogP contribution in [0.3, 0.4) is 0 Å². The second kappa shape index (κ2) is 10.6. The largest absolute Gasteiger partial charge is 0.359 e. The number of hydrogen-bond donors (Lipinski definition) is 1. The van der Waals surface area contributed by atoms with E-state index in [2.05, 4.69) is 26.1 Å². The van der Waals surface area contributed by atoms with Gasteiger partial charge in [-0.05, 0) is 24.7 Å².